The molecule has 0 fully saturated rings. The third kappa shape index (κ3) is 1.23. The van der Waals surface area contributed by atoms with E-state index in [1.54, 1.807) is 5.06 Å². The summed E-state index contributed by atoms with van der Waals surface area (Å²) in [4.78, 5) is 5.07. The molecule has 3 heteroatoms. The minimum Gasteiger partial charge on any atom is -0.270 e. The van der Waals surface area contributed by atoms with Crippen molar-refractivity contribution in [3.63, 3.8) is 0 Å². The highest BCUT2D eigenvalue weighted by molar-refractivity contribution is 9.09. The molecule has 0 amide bonds. The van der Waals surface area contributed by atoms with Crippen LogP contribution < -0.4 is 0 Å². The van der Waals surface area contributed by atoms with Gasteiger partial charge in [0.05, 0.1) is 6.61 Å². The molecule has 2 nitrogen and oxygen atoms in total. The number of hydrogen-bond donors (Lipinski definition) is 0. The van der Waals surface area contributed by atoms with E-state index in [0.717, 1.165) is 11.9 Å². The quantitative estimate of drug-likeness (QED) is 0.558. The Balaban J connectivity index is 2.44. The van der Waals surface area contributed by atoms with Crippen LogP contribution >= 0.6 is 15.9 Å². The van der Waals surface area contributed by atoms with Gasteiger partial charge < -0.3 is 0 Å². The Hall–Kier alpha value is -0.0200. The number of hydrogen-bond acceptors (Lipinski definition) is 2. The molecular formula is C5H8BrNO. The minimum atomic E-state index is 0.738. The van der Waals surface area contributed by atoms with E-state index in [1.165, 1.54) is 5.57 Å². The number of rotatable bonds is 1. The number of nitrogens with zero attached hydrogens (tertiary/aromatic N) is 1. The topological polar surface area (TPSA) is 12.5 Å². The fourth-order valence-corrected chi connectivity index (χ4v) is 0.896. The summed E-state index contributed by atoms with van der Waals surface area (Å²) >= 11 is 3.33. The van der Waals surface area contributed by atoms with Gasteiger partial charge in [0.25, 0.3) is 0 Å². The summed E-state index contributed by atoms with van der Waals surface area (Å²) in [5.74, 6) is 0. The molecule has 1 rings (SSSR count). The Morgan fingerprint density at radius 3 is 3.00 bits per heavy atom. The summed E-state index contributed by atoms with van der Waals surface area (Å²) in [6, 6.07) is 0. The van der Waals surface area contributed by atoms with Gasteiger partial charge in [0.15, 0.2) is 0 Å². The molecule has 0 aromatic carbocycles. The Labute approximate surface area is 57.2 Å². The SMILES string of the molecule is CN1C=C(CBr)CO1. The van der Waals surface area contributed by atoms with Crippen molar-refractivity contribution >= 4 is 15.9 Å². The molecule has 0 saturated carbocycles. The molecule has 0 N–H and O–H groups in total. The van der Waals surface area contributed by atoms with Gasteiger partial charge in [0.2, 0.25) is 0 Å². The summed E-state index contributed by atoms with van der Waals surface area (Å²) in [6.07, 6.45) is 1.98. The fourth-order valence-electron chi connectivity index (χ4n) is 0.589. The van der Waals surface area contributed by atoms with Gasteiger partial charge in [0, 0.05) is 18.6 Å². The van der Waals surface area contributed by atoms with Crippen molar-refractivity contribution in [2.24, 2.45) is 0 Å². The highest BCUT2D eigenvalue weighted by atomic mass is 79.9. The normalized spacial score (nSPS) is 19.2. The Bertz CT molecular complexity index is 113. The maximum atomic E-state index is 5.07. The Morgan fingerprint density at radius 1 is 2.00 bits per heavy atom. The van der Waals surface area contributed by atoms with Crippen LogP contribution in [0.4, 0.5) is 0 Å². The maximum Gasteiger partial charge on any atom is 0.0985 e. The lowest BCUT2D eigenvalue weighted by atomic mass is 10.4. The molecule has 1 aliphatic rings. The first-order chi connectivity index (χ1) is 3.83. The van der Waals surface area contributed by atoms with Crippen molar-refractivity contribution in [1.82, 2.24) is 5.06 Å². The van der Waals surface area contributed by atoms with Crippen LogP contribution in [0.25, 0.3) is 0 Å². The van der Waals surface area contributed by atoms with Gasteiger partial charge in [0.1, 0.15) is 0 Å². The van der Waals surface area contributed by atoms with Gasteiger partial charge in [-0.2, -0.15) is 0 Å². The third-order valence-electron chi connectivity index (χ3n) is 0.990. The van der Waals surface area contributed by atoms with Crippen LogP contribution in [-0.2, 0) is 4.84 Å². The van der Waals surface area contributed by atoms with Crippen LogP contribution in [0, 0.1) is 0 Å². The van der Waals surface area contributed by atoms with Crippen LogP contribution in [0.2, 0.25) is 0 Å². The highest BCUT2D eigenvalue weighted by Crippen LogP contribution is 2.09. The van der Waals surface area contributed by atoms with Crippen molar-refractivity contribution in [2.75, 3.05) is 19.0 Å². The van der Waals surface area contributed by atoms with E-state index in [4.69, 9.17) is 4.84 Å². The summed E-state index contributed by atoms with van der Waals surface area (Å²) in [7, 11) is 1.88. The van der Waals surface area contributed by atoms with Crippen LogP contribution in [0.1, 0.15) is 0 Å². The van der Waals surface area contributed by atoms with E-state index in [-0.39, 0.29) is 0 Å². The zero-order valence-electron chi connectivity index (χ0n) is 4.72. The van der Waals surface area contributed by atoms with Crippen molar-refractivity contribution in [1.29, 1.82) is 0 Å². The van der Waals surface area contributed by atoms with Crippen LogP contribution in [0.5, 0.6) is 0 Å². The van der Waals surface area contributed by atoms with E-state index in [2.05, 4.69) is 15.9 Å². The molecule has 0 aromatic rings. The fraction of sp³-hybridized carbons (Fsp3) is 0.600. The lowest BCUT2D eigenvalue weighted by molar-refractivity contribution is -0.0682. The van der Waals surface area contributed by atoms with Crippen LogP contribution in [0.15, 0.2) is 11.8 Å². The monoisotopic (exact) mass is 177 g/mol. The van der Waals surface area contributed by atoms with Crippen molar-refractivity contribution in [3.05, 3.63) is 11.8 Å². The summed E-state index contributed by atoms with van der Waals surface area (Å²) in [5, 5.41) is 2.63. The maximum absolute atomic E-state index is 5.07. The van der Waals surface area contributed by atoms with Gasteiger partial charge in [-0.1, -0.05) is 15.9 Å². The van der Waals surface area contributed by atoms with Crippen molar-refractivity contribution < 1.29 is 4.84 Å². The molecular weight excluding hydrogens is 170 g/mol. The second kappa shape index (κ2) is 2.51. The second-order valence-corrected chi connectivity index (χ2v) is 2.30. The smallest absolute Gasteiger partial charge is 0.0985 e. The number of halogens is 1. The molecule has 0 aromatic heterocycles. The first-order valence-electron chi connectivity index (χ1n) is 2.44. The predicted octanol–water partition coefficient (Wildman–Crippen LogP) is 1.14. The molecule has 8 heavy (non-hydrogen) atoms. The zero-order chi connectivity index (χ0) is 5.98. The standard InChI is InChI=1S/C5H8BrNO/c1-7-3-5(2-6)4-8-7/h3H,2,4H2,1H3. The molecule has 0 unspecified atom stereocenters. The molecule has 0 radical (unpaired) electrons. The minimum absolute atomic E-state index is 0.738. The molecule has 0 atom stereocenters. The van der Waals surface area contributed by atoms with Crippen molar-refractivity contribution in [3.8, 4) is 0 Å². The first-order valence-corrected chi connectivity index (χ1v) is 3.56. The molecule has 0 spiro atoms. The van der Waals surface area contributed by atoms with Crippen LogP contribution in [0.3, 0.4) is 0 Å². The lowest BCUT2D eigenvalue weighted by Gasteiger charge is -2.02. The molecule has 1 aliphatic heterocycles. The number of hydroxylamine groups is 2. The third-order valence-corrected chi connectivity index (χ3v) is 1.71. The molecule has 46 valence electrons. The van der Waals surface area contributed by atoms with E-state index in [0.29, 0.717) is 0 Å². The van der Waals surface area contributed by atoms with Gasteiger partial charge in [-0.15, -0.1) is 0 Å². The predicted molar refractivity (Wildman–Crippen MR) is 35.6 cm³/mol. The Kier molecular flexibility index (Phi) is 1.91. The molecule has 0 saturated heterocycles. The second-order valence-electron chi connectivity index (χ2n) is 1.74. The van der Waals surface area contributed by atoms with E-state index >= 15 is 0 Å². The molecule has 0 bridgehead atoms. The largest absolute Gasteiger partial charge is 0.270 e. The van der Waals surface area contributed by atoms with Gasteiger partial charge in [-0.05, 0) is 5.57 Å². The zero-order valence-corrected chi connectivity index (χ0v) is 6.31. The van der Waals surface area contributed by atoms with Gasteiger partial charge in [-0.25, -0.2) is 0 Å². The average molecular weight is 178 g/mol. The van der Waals surface area contributed by atoms with E-state index < -0.39 is 0 Å². The average Bonchev–Trinajstić information content (AvgIpc) is 2.14. The number of alkyl halides is 1. The van der Waals surface area contributed by atoms with E-state index in [9.17, 15) is 0 Å². The summed E-state index contributed by atoms with van der Waals surface area (Å²) in [5.41, 5.74) is 1.28. The van der Waals surface area contributed by atoms with E-state index in [1.807, 2.05) is 13.2 Å². The highest BCUT2D eigenvalue weighted by Gasteiger charge is 2.06. The summed E-state index contributed by atoms with van der Waals surface area (Å²) in [6.45, 7) is 0.738. The lowest BCUT2D eigenvalue weighted by Crippen LogP contribution is -2.03. The molecule has 0 aliphatic carbocycles. The van der Waals surface area contributed by atoms with Crippen LogP contribution in [-0.4, -0.2) is 24.0 Å². The van der Waals surface area contributed by atoms with Gasteiger partial charge >= 0.3 is 0 Å². The Morgan fingerprint density at radius 2 is 2.75 bits per heavy atom. The summed E-state index contributed by atoms with van der Waals surface area (Å²) < 4.78 is 0. The molecule has 1 heterocycles. The van der Waals surface area contributed by atoms with Gasteiger partial charge in [-0.3, -0.25) is 9.90 Å². The first kappa shape index (κ1) is 6.11. The van der Waals surface area contributed by atoms with Crippen molar-refractivity contribution in [2.45, 2.75) is 0 Å².